The van der Waals surface area contributed by atoms with Crippen LogP contribution in [0.4, 0.5) is 0 Å². The van der Waals surface area contributed by atoms with Crippen LogP contribution in [0, 0.1) is 5.41 Å². The van der Waals surface area contributed by atoms with Crippen molar-refractivity contribution in [3.8, 4) is 0 Å². The van der Waals surface area contributed by atoms with Crippen molar-refractivity contribution < 1.29 is 19.8 Å². The highest BCUT2D eigenvalue weighted by Crippen LogP contribution is 2.46. The average Bonchev–Trinajstić information content (AvgIpc) is 3.17. The molecule has 1 aliphatic carbocycles. The number of carboxylic acids is 1. The average molecular weight is 249 g/mol. The van der Waals surface area contributed by atoms with E-state index in [4.69, 9.17) is 10.2 Å². The van der Waals surface area contributed by atoms with Gasteiger partial charge in [-0.3, -0.25) is 9.59 Å². The SMILES string of the molecule is O=C(O)C1(C(=O)NCc2cccc(CO)c2)CC1. The summed E-state index contributed by atoms with van der Waals surface area (Å²) in [5.74, 6) is -1.48. The molecule has 3 N–H and O–H groups in total. The van der Waals surface area contributed by atoms with Gasteiger partial charge in [-0.05, 0) is 24.0 Å². The predicted octanol–water partition coefficient (Wildman–Crippen LogP) is 0.660. The van der Waals surface area contributed by atoms with Crippen molar-refractivity contribution in [1.29, 1.82) is 0 Å². The van der Waals surface area contributed by atoms with Gasteiger partial charge in [0.1, 0.15) is 5.41 Å². The fourth-order valence-electron chi connectivity index (χ4n) is 1.85. The smallest absolute Gasteiger partial charge is 0.319 e. The van der Waals surface area contributed by atoms with Gasteiger partial charge in [0.15, 0.2) is 0 Å². The Hall–Kier alpha value is -1.88. The number of hydrogen-bond donors (Lipinski definition) is 3. The number of hydrogen-bond acceptors (Lipinski definition) is 3. The fourth-order valence-corrected chi connectivity index (χ4v) is 1.85. The lowest BCUT2D eigenvalue weighted by atomic mass is 10.1. The number of carbonyl (C=O) groups excluding carboxylic acids is 1. The molecule has 1 aromatic carbocycles. The molecule has 2 rings (SSSR count). The van der Waals surface area contributed by atoms with Crippen molar-refractivity contribution >= 4 is 11.9 Å². The Balaban J connectivity index is 1.95. The summed E-state index contributed by atoms with van der Waals surface area (Å²) in [4.78, 5) is 22.7. The van der Waals surface area contributed by atoms with E-state index >= 15 is 0 Å². The number of aliphatic hydroxyl groups is 1. The minimum atomic E-state index is -1.20. The zero-order valence-electron chi connectivity index (χ0n) is 9.85. The van der Waals surface area contributed by atoms with E-state index in [-0.39, 0.29) is 13.2 Å². The number of benzene rings is 1. The number of nitrogens with one attached hydrogen (secondary N) is 1. The van der Waals surface area contributed by atoms with Gasteiger partial charge < -0.3 is 15.5 Å². The lowest BCUT2D eigenvalue weighted by molar-refractivity contribution is -0.149. The van der Waals surface area contributed by atoms with E-state index in [0.29, 0.717) is 12.8 Å². The van der Waals surface area contributed by atoms with Crippen LogP contribution in [0.1, 0.15) is 24.0 Å². The topological polar surface area (TPSA) is 86.6 Å². The third kappa shape index (κ3) is 2.36. The van der Waals surface area contributed by atoms with E-state index < -0.39 is 17.3 Å². The maximum atomic E-state index is 11.8. The predicted molar refractivity (Wildman–Crippen MR) is 63.5 cm³/mol. The molecule has 0 atom stereocenters. The molecule has 0 unspecified atom stereocenters. The Morgan fingerprint density at radius 2 is 1.94 bits per heavy atom. The lowest BCUT2D eigenvalue weighted by Crippen LogP contribution is -2.36. The molecule has 0 aliphatic heterocycles. The van der Waals surface area contributed by atoms with Crippen LogP contribution >= 0.6 is 0 Å². The zero-order valence-corrected chi connectivity index (χ0v) is 9.85. The molecule has 1 amide bonds. The number of aliphatic carboxylic acids is 1. The summed E-state index contributed by atoms with van der Waals surface area (Å²) in [7, 11) is 0. The van der Waals surface area contributed by atoms with Gasteiger partial charge in [-0.15, -0.1) is 0 Å². The number of rotatable bonds is 5. The molecule has 18 heavy (non-hydrogen) atoms. The highest BCUT2D eigenvalue weighted by atomic mass is 16.4. The van der Waals surface area contributed by atoms with Crippen LogP contribution in [0.15, 0.2) is 24.3 Å². The first-order valence-corrected chi connectivity index (χ1v) is 5.79. The molecule has 0 aromatic heterocycles. The molecule has 1 fully saturated rings. The molecule has 0 heterocycles. The molecule has 1 saturated carbocycles. The van der Waals surface area contributed by atoms with Crippen LogP contribution in [0.2, 0.25) is 0 Å². The summed E-state index contributed by atoms with van der Waals surface area (Å²) in [5.41, 5.74) is 0.409. The van der Waals surface area contributed by atoms with Crippen molar-refractivity contribution in [3.63, 3.8) is 0 Å². The Labute approximate surface area is 104 Å². The summed E-state index contributed by atoms with van der Waals surface area (Å²) in [6.07, 6.45) is 0.815. The first-order chi connectivity index (χ1) is 8.58. The molecule has 1 aromatic rings. The Bertz CT molecular complexity index is 480. The fraction of sp³-hybridized carbons (Fsp3) is 0.385. The van der Waals surface area contributed by atoms with Gasteiger partial charge in [0.2, 0.25) is 5.91 Å². The van der Waals surface area contributed by atoms with Gasteiger partial charge in [-0.1, -0.05) is 24.3 Å². The molecular weight excluding hydrogens is 234 g/mol. The maximum absolute atomic E-state index is 11.8. The number of carboxylic acid groups (broad SMARTS) is 1. The van der Waals surface area contributed by atoms with E-state index in [1.54, 1.807) is 18.2 Å². The van der Waals surface area contributed by atoms with Crippen LogP contribution in [0.25, 0.3) is 0 Å². The highest BCUT2D eigenvalue weighted by Gasteiger charge is 2.56. The number of aliphatic hydroxyl groups excluding tert-OH is 1. The van der Waals surface area contributed by atoms with Crippen molar-refractivity contribution in [1.82, 2.24) is 5.32 Å². The molecule has 0 spiro atoms. The number of amides is 1. The molecular formula is C13H15NO4. The monoisotopic (exact) mass is 249 g/mol. The van der Waals surface area contributed by atoms with Crippen LogP contribution < -0.4 is 5.32 Å². The third-order valence-electron chi connectivity index (χ3n) is 3.22. The summed E-state index contributed by atoms with van der Waals surface area (Å²) < 4.78 is 0. The molecule has 5 nitrogen and oxygen atoms in total. The van der Waals surface area contributed by atoms with Gasteiger partial charge >= 0.3 is 5.97 Å². The Morgan fingerprint density at radius 1 is 1.28 bits per heavy atom. The zero-order chi connectivity index (χ0) is 13.2. The van der Waals surface area contributed by atoms with Crippen molar-refractivity contribution in [3.05, 3.63) is 35.4 Å². The molecule has 96 valence electrons. The second-order valence-corrected chi connectivity index (χ2v) is 4.55. The van der Waals surface area contributed by atoms with Crippen molar-refractivity contribution in [2.75, 3.05) is 0 Å². The second-order valence-electron chi connectivity index (χ2n) is 4.55. The van der Waals surface area contributed by atoms with Crippen molar-refractivity contribution in [2.24, 2.45) is 5.41 Å². The quantitative estimate of drug-likeness (QED) is 0.669. The van der Waals surface area contributed by atoms with Gasteiger partial charge in [-0.25, -0.2) is 0 Å². The van der Waals surface area contributed by atoms with E-state index in [1.165, 1.54) is 0 Å². The summed E-state index contributed by atoms with van der Waals surface area (Å²) in [6, 6.07) is 7.17. The maximum Gasteiger partial charge on any atom is 0.319 e. The van der Waals surface area contributed by atoms with Gasteiger partial charge in [0.05, 0.1) is 6.61 Å². The van der Waals surface area contributed by atoms with Gasteiger partial charge in [0.25, 0.3) is 0 Å². The van der Waals surface area contributed by atoms with Crippen LogP contribution in [-0.2, 0) is 22.7 Å². The first kappa shape index (κ1) is 12.6. The lowest BCUT2D eigenvalue weighted by Gasteiger charge is -2.11. The van der Waals surface area contributed by atoms with Gasteiger partial charge in [-0.2, -0.15) is 0 Å². The largest absolute Gasteiger partial charge is 0.480 e. The van der Waals surface area contributed by atoms with Gasteiger partial charge in [0, 0.05) is 6.54 Å². The van der Waals surface area contributed by atoms with Crippen molar-refractivity contribution in [2.45, 2.75) is 26.0 Å². The van der Waals surface area contributed by atoms with E-state index in [2.05, 4.69) is 5.32 Å². The molecule has 1 aliphatic rings. The van der Waals surface area contributed by atoms with E-state index in [0.717, 1.165) is 11.1 Å². The van der Waals surface area contributed by atoms with Crippen LogP contribution in [-0.4, -0.2) is 22.1 Å². The van der Waals surface area contributed by atoms with E-state index in [9.17, 15) is 9.59 Å². The summed E-state index contributed by atoms with van der Waals surface area (Å²) >= 11 is 0. The minimum absolute atomic E-state index is 0.0547. The minimum Gasteiger partial charge on any atom is -0.480 e. The molecule has 5 heteroatoms. The van der Waals surface area contributed by atoms with E-state index in [1.807, 2.05) is 6.07 Å². The van der Waals surface area contributed by atoms with Crippen LogP contribution in [0.3, 0.4) is 0 Å². The standard InChI is InChI=1S/C13H15NO4/c15-8-10-3-1-2-9(6-10)7-14-11(16)13(4-5-13)12(17)18/h1-3,6,15H,4-5,7-8H2,(H,14,16)(H,17,18). The number of carbonyl (C=O) groups is 2. The first-order valence-electron chi connectivity index (χ1n) is 5.79. The molecule has 0 bridgehead atoms. The highest BCUT2D eigenvalue weighted by molar-refractivity contribution is 6.04. The molecule has 0 radical (unpaired) electrons. The Kier molecular flexibility index (Phi) is 3.34. The summed E-state index contributed by atoms with van der Waals surface area (Å²) in [6.45, 7) is 0.225. The van der Waals surface area contributed by atoms with Crippen LogP contribution in [0.5, 0.6) is 0 Å². The molecule has 0 saturated heterocycles. The normalized spacial score (nSPS) is 16.1. The summed E-state index contributed by atoms with van der Waals surface area (Å²) in [5, 5.41) is 20.6. The Morgan fingerprint density at radius 3 is 2.50 bits per heavy atom. The second kappa shape index (κ2) is 4.78. The third-order valence-corrected chi connectivity index (χ3v) is 3.22.